The van der Waals surface area contributed by atoms with Gasteiger partial charge in [-0.15, -0.1) is 0 Å². The van der Waals surface area contributed by atoms with Gasteiger partial charge in [-0.2, -0.15) is 0 Å². The molecule has 3 aromatic heterocycles. The van der Waals surface area contributed by atoms with E-state index in [1.54, 1.807) is 0 Å². The van der Waals surface area contributed by atoms with Gasteiger partial charge in [-0.05, 0) is 99.8 Å². The predicted molar refractivity (Wildman–Crippen MR) is 299 cm³/mol. The average molecular weight is 1350 g/mol. The largest absolute Gasteiger partial charge is 1.00 e. The predicted octanol–water partition coefficient (Wildman–Crippen LogP) is 9.35. The third kappa shape index (κ3) is 35.1. The van der Waals surface area contributed by atoms with E-state index >= 15 is 0 Å². The average Bonchev–Trinajstić information content (AvgIpc) is 3.44. The van der Waals surface area contributed by atoms with Gasteiger partial charge in [0.25, 0.3) is 0 Å². The Bertz CT molecular complexity index is 2950. The Labute approximate surface area is 522 Å². The first kappa shape index (κ1) is 74.2. The van der Waals surface area contributed by atoms with Crippen molar-refractivity contribution in [3.63, 3.8) is 0 Å². The molecular formula is C58H66F6I2N12NaP. The van der Waals surface area contributed by atoms with Crippen molar-refractivity contribution in [1.82, 2.24) is 0 Å². The van der Waals surface area contributed by atoms with Gasteiger partial charge in [0.2, 0.25) is 0 Å². The maximum Gasteiger partial charge on any atom is 1.00 e. The van der Waals surface area contributed by atoms with Gasteiger partial charge in [0.05, 0.1) is 0 Å². The number of benzene rings is 4. The zero-order valence-corrected chi connectivity index (χ0v) is 52.6. The number of aryl methyl sites for hydroxylation is 5. The van der Waals surface area contributed by atoms with Crippen molar-refractivity contribution >= 4 is 31.1 Å². The van der Waals surface area contributed by atoms with Crippen LogP contribution in [0.4, 0.5) is 25.2 Å². The van der Waals surface area contributed by atoms with Crippen molar-refractivity contribution in [1.29, 1.82) is 0 Å². The van der Waals surface area contributed by atoms with E-state index in [0.717, 1.165) is 56.4 Å². The van der Waals surface area contributed by atoms with Crippen molar-refractivity contribution in [2.45, 2.75) is 85.4 Å². The van der Waals surface area contributed by atoms with E-state index in [0.29, 0.717) is 13.1 Å². The number of nitrogens with zero attached hydrogens (tertiary/aromatic N) is 12. The molecule has 7 aromatic rings. The van der Waals surface area contributed by atoms with Crippen molar-refractivity contribution in [2.24, 2.45) is 10.2 Å². The van der Waals surface area contributed by atoms with Gasteiger partial charge in [0.1, 0.15) is 19.6 Å². The number of halogens is 8. The summed E-state index contributed by atoms with van der Waals surface area (Å²) in [6, 6.07) is 53.5. The molecule has 12 nitrogen and oxygen atoms in total. The zero-order chi connectivity index (χ0) is 56.3. The first-order valence-electron chi connectivity index (χ1n) is 25.0. The topological polar surface area (TPSA) is 168 Å². The number of unbranched alkanes of at least 4 members (excludes halogenated alkanes) is 4. The third-order valence-corrected chi connectivity index (χ3v) is 11.1. The number of hydrogen-bond acceptors (Lipinski definition) is 2. The molecule has 0 amide bonds. The molecule has 0 saturated heterocycles. The second-order valence-electron chi connectivity index (χ2n) is 17.5. The summed E-state index contributed by atoms with van der Waals surface area (Å²) in [6.07, 6.45) is 24.8. The van der Waals surface area contributed by atoms with Crippen LogP contribution in [-0.4, -0.2) is 13.1 Å². The molecule has 0 radical (unpaired) electrons. The second kappa shape index (κ2) is 39.6. The monoisotopic (exact) mass is 1350 g/mol. The van der Waals surface area contributed by atoms with E-state index in [-0.39, 0.29) is 77.5 Å². The van der Waals surface area contributed by atoms with Crippen molar-refractivity contribution in [3.05, 3.63) is 270 Å². The van der Waals surface area contributed by atoms with Crippen LogP contribution in [0.15, 0.2) is 199 Å². The van der Waals surface area contributed by atoms with Crippen LogP contribution < -0.4 is 91.2 Å². The molecule has 420 valence electrons. The normalized spacial score (nSPS) is 10.8. The van der Waals surface area contributed by atoms with E-state index in [1.807, 2.05) is 0 Å². The molecule has 7 rings (SSSR count). The molecule has 0 aliphatic rings. The Morgan fingerprint density at radius 1 is 0.438 bits per heavy atom. The molecule has 0 fully saturated rings. The number of rotatable bonds is 20. The number of aromatic nitrogens is 3. The van der Waals surface area contributed by atoms with E-state index in [1.165, 1.54) is 68.7 Å². The molecule has 0 aliphatic heterocycles. The smallest absolute Gasteiger partial charge is 1.00 e. The fourth-order valence-electron chi connectivity index (χ4n) is 7.36. The van der Waals surface area contributed by atoms with Crippen molar-refractivity contribution < 1.29 is 116 Å². The fourth-order valence-corrected chi connectivity index (χ4v) is 7.36. The summed E-state index contributed by atoms with van der Waals surface area (Å²) < 4.78 is 65.8. The summed E-state index contributed by atoms with van der Waals surface area (Å²) in [4.78, 5) is 7.02. The summed E-state index contributed by atoms with van der Waals surface area (Å²) in [5.41, 5.74) is 42.0. The Morgan fingerprint density at radius 2 is 0.713 bits per heavy atom. The molecule has 0 N–H and O–H groups in total. The molecule has 0 saturated carbocycles. The standard InChI is InChI=1S/C37H33N4.C11H18N.C10H15N4.F6P.2HI.N3.Na/c38-40-39-26-10-11-27-41-28-24-31(25-29-41)19-18-30-20-22-35(23-21-30)37(34-16-8-3-9-17-34)36(32-12-4-1-5-13-32)33-14-6-2-7-15-33;1-3-4-5-8-12-9-6-11(2)7-10-12;1-10-4-8-14(9-5-10)7-3-2-6-12-13-11;1-7(2,3,4,5)6;;;1-3-2;/h1-9,12-25,28-29H,10-11,26-27H2;6-7,9-10H,3-5,8H2,1-2H3;4-5,8-9H,2-3,6-7H2,1H3;;2*1H;;/q3*+1;-1;;;-1;+1/p-2/b19-18+;;;;;;;. The zero-order valence-electron chi connectivity index (χ0n) is 45.4. The Morgan fingerprint density at radius 3 is 1.01 bits per heavy atom. The third-order valence-electron chi connectivity index (χ3n) is 11.1. The van der Waals surface area contributed by atoms with Crippen molar-refractivity contribution in [3.8, 4) is 0 Å². The van der Waals surface area contributed by atoms with Crippen molar-refractivity contribution in [2.75, 3.05) is 13.1 Å². The molecular weight excluding hydrogens is 1290 g/mol. The van der Waals surface area contributed by atoms with Crippen LogP contribution in [-0.2, 0) is 19.6 Å². The quantitative estimate of drug-likeness (QED) is 0.00679. The maximum absolute atomic E-state index is 10.7. The maximum atomic E-state index is 9.87. The Hall–Kier alpha value is -5.79. The Balaban J connectivity index is 0.00000130. The van der Waals surface area contributed by atoms with Crippen LogP contribution >= 0.6 is 7.81 Å². The molecule has 22 heteroatoms. The van der Waals surface area contributed by atoms with Crippen LogP contribution in [0.25, 0.3) is 60.2 Å². The molecule has 0 spiro atoms. The van der Waals surface area contributed by atoms with E-state index in [2.05, 4.69) is 256 Å². The van der Waals surface area contributed by atoms with Crippen LogP contribution in [0.2, 0.25) is 0 Å². The van der Waals surface area contributed by atoms with Gasteiger partial charge >= 0.3 is 62.5 Å². The van der Waals surface area contributed by atoms with Crippen LogP contribution in [0.1, 0.15) is 96.4 Å². The van der Waals surface area contributed by atoms with E-state index in [4.69, 9.17) is 22.1 Å². The molecule has 3 heterocycles. The summed E-state index contributed by atoms with van der Waals surface area (Å²) in [5, 5.41) is 7.08. The van der Waals surface area contributed by atoms with Gasteiger partial charge in [-0.1, -0.05) is 151 Å². The molecule has 0 aliphatic carbocycles. The summed E-state index contributed by atoms with van der Waals surface area (Å²) >= 11 is 0. The fraction of sp³-hybridized carbons (Fsp3) is 0.259. The van der Waals surface area contributed by atoms with Crippen LogP contribution in [0, 0.1) is 13.8 Å². The molecule has 4 aromatic carbocycles. The van der Waals surface area contributed by atoms with Gasteiger partial charge in [-0.25, -0.2) is 13.7 Å². The summed E-state index contributed by atoms with van der Waals surface area (Å²) in [6.45, 7) is 10.6. The number of azide groups is 2. The number of pyridine rings is 3. The molecule has 0 atom stereocenters. The second-order valence-corrected chi connectivity index (χ2v) is 19.4. The molecule has 0 unspecified atom stereocenters. The van der Waals surface area contributed by atoms with Gasteiger partial charge in [0, 0.05) is 78.6 Å². The van der Waals surface area contributed by atoms with Gasteiger partial charge < -0.3 is 59.0 Å². The first-order chi connectivity index (χ1) is 36.8. The Kier molecular flexibility index (Phi) is 36.7. The minimum Gasteiger partial charge on any atom is -1.00 e. The van der Waals surface area contributed by atoms with Gasteiger partial charge in [0.15, 0.2) is 37.2 Å². The van der Waals surface area contributed by atoms with E-state index < -0.39 is 7.81 Å². The minimum atomic E-state index is -10.7. The van der Waals surface area contributed by atoms with Gasteiger partial charge in [-0.3, -0.25) is 4.91 Å². The summed E-state index contributed by atoms with van der Waals surface area (Å²) in [7, 11) is -10.7. The number of hydrogen-bond donors (Lipinski definition) is 0. The first-order valence-corrected chi connectivity index (χ1v) is 27.0. The van der Waals surface area contributed by atoms with Crippen LogP contribution in [0.3, 0.4) is 0 Å². The van der Waals surface area contributed by atoms with Crippen LogP contribution in [0.5, 0.6) is 0 Å². The van der Waals surface area contributed by atoms with E-state index in [9.17, 15) is 25.2 Å². The summed E-state index contributed by atoms with van der Waals surface area (Å²) in [5.74, 6) is 0. The molecule has 80 heavy (non-hydrogen) atoms. The SMILES string of the molecule is CCCCC[n+]1ccc(C)cc1.Cc1cc[n+](CCCCN=[N+]=[N-])cc1.F[P-](F)(F)(F)(F)F.[I-].[I-].[N-]=[N+]=NCCCC[n+]1ccc(/C=C/c2ccc(C(=C(c3ccccc3)c3ccccc3)c3ccccc3)cc2)cc1.[N-]=[N+]=[N-].[Na+]. The minimum absolute atomic E-state index is 0. The molecule has 0 bridgehead atoms.